The van der Waals surface area contributed by atoms with Crippen LogP contribution in [0.3, 0.4) is 0 Å². The highest BCUT2D eigenvalue weighted by atomic mass is 16.5. The van der Waals surface area contributed by atoms with E-state index in [1.54, 1.807) is 12.3 Å². The average Bonchev–Trinajstić information content (AvgIpc) is 3.22. The molecule has 0 fully saturated rings. The van der Waals surface area contributed by atoms with Gasteiger partial charge in [-0.3, -0.25) is 25.2 Å². The second-order valence-corrected chi connectivity index (χ2v) is 5.36. The van der Waals surface area contributed by atoms with Gasteiger partial charge in [-0.05, 0) is 12.1 Å². The van der Waals surface area contributed by atoms with Gasteiger partial charge in [0.1, 0.15) is 5.69 Å². The van der Waals surface area contributed by atoms with Crippen molar-refractivity contribution in [2.24, 2.45) is 0 Å². The van der Waals surface area contributed by atoms with Crippen LogP contribution >= 0.6 is 0 Å². The Balaban J connectivity index is 0.00000138. The molecule has 31 heavy (non-hydrogen) atoms. The number of fused-ring (bicyclic) bond motifs is 3. The number of aromatic amines is 1. The fourth-order valence-corrected chi connectivity index (χ4v) is 2.44. The number of carbonyl (C=O) groups is 3. The minimum Gasteiger partial charge on any atom is -0.469 e. The number of amides is 2. The number of carbonyl (C=O) groups excluding carboxylic acids is 3. The number of hydrogen-bond donors (Lipinski definition) is 3. The lowest BCUT2D eigenvalue weighted by atomic mass is 10.1. The standard InChI is InChI=1S/C17H16N4O4.3C2H6/c1-25-16(23)7-6-15(22)20-21-17(24)13-8-11-10-4-2-3-5-12(10)19-14(11)9-18-13;3*1-2/h2-5,8-9,19H,6-7H2,1H3,(H,20,22)(H,21,24);3*1-2H3. The van der Waals surface area contributed by atoms with E-state index >= 15 is 0 Å². The van der Waals surface area contributed by atoms with Gasteiger partial charge in [0.2, 0.25) is 5.91 Å². The van der Waals surface area contributed by atoms with Crippen molar-refractivity contribution < 1.29 is 19.1 Å². The number of hydrogen-bond acceptors (Lipinski definition) is 5. The molecule has 3 aromatic rings. The van der Waals surface area contributed by atoms with Gasteiger partial charge in [-0.25, -0.2) is 4.98 Å². The fraction of sp³-hybridized carbons (Fsp3) is 0.391. The molecule has 2 amide bonds. The number of aromatic nitrogens is 2. The third-order valence-corrected chi connectivity index (χ3v) is 3.72. The predicted molar refractivity (Wildman–Crippen MR) is 125 cm³/mol. The summed E-state index contributed by atoms with van der Waals surface area (Å²) < 4.78 is 4.44. The number of esters is 1. The van der Waals surface area contributed by atoms with Gasteiger partial charge in [0.15, 0.2) is 0 Å². The van der Waals surface area contributed by atoms with Crippen molar-refractivity contribution in [3.8, 4) is 0 Å². The van der Waals surface area contributed by atoms with Crippen LogP contribution < -0.4 is 10.9 Å². The predicted octanol–water partition coefficient (Wildman–Crippen LogP) is 4.51. The Morgan fingerprint density at radius 1 is 0.903 bits per heavy atom. The Morgan fingerprint density at radius 2 is 1.55 bits per heavy atom. The quantitative estimate of drug-likeness (QED) is 0.416. The zero-order chi connectivity index (χ0) is 23.8. The van der Waals surface area contributed by atoms with Crippen molar-refractivity contribution in [3.63, 3.8) is 0 Å². The van der Waals surface area contributed by atoms with Gasteiger partial charge in [-0.2, -0.15) is 0 Å². The molecule has 8 nitrogen and oxygen atoms in total. The van der Waals surface area contributed by atoms with Crippen LogP contribution in [-0.2, 0) is 14.3 Å². The van der Waals surface area contributed by atoms with E-state index in [-0.39, 0.29) is 18.5 Å². The molecule has 2 heterocycles. The van der Waals surface area contributed by atoms with E-state index in [0.29, 0.717) is 0 Å². The second-order valence-electron chi connectivity index (χ2n) is 5.36. The molecule has 8 heteroatoms. The molecule has 0 spiro atoms. The summed E-state index contributed by atoms with van der Waals surface area (Å²) >= 11 is 0. The van der Waals surface area contributed by atoms with Crippen LogP contribution in [0.5, 0.6) is 0 Å². The van der Waals surface area contributed by atoms with Gasteiger partial charge in [0.05, 0.1) is 25.2 Å². The molecular formula is C23H34N4O4. The van der Waals surface area contributed by atoms with Crippen molar-refractivity contribution in [1.29, 1.82) is 0 Å². The molecule has 0 radical (unpaired) electrons. The van der Waals surface area contributed by atoms with Crippen LogP contribution in [0.25, 0.3) is 21.8 Å². The number of H-pyrrole nitrogens is 1. The fourth-order valence-electron chi connectivity index (χ4n) is 2.44. The smallest absolute Gasteiger partial charge is 0.306 e. The number of pyridine rings is 1. The maximum Gasteiger partial charge on any atom is 0.306 e. The lowest BCUT2D eigenvalue weighted by Gasteiger charge is -2.06. The highest BCUT2D eigenvalue weighted by Crippen LogP contribution is 2.24. The normalized spacial score (nSPS) is 9.13. The minimum absolute atomic E-state index is 0.0578. The average molecular weight is 431 g/mol. The van der Waals surface area contributed by atoms with E-state index < -0.39 is 17.8 Å². The number of hydrazine groups is 1. The van der Waals surface area contributed by atoms with E-state index in [9.17, 15) is 14.4 Å². The number of methoxy groups -OCH3 is 1. The summed E-state index contributed by atoms with van der Waals surface area (Å²) in [6, 6.07) is 9.38. The summed E-state index contributed by atoms with van der Waals surface area (Å²) in [5, 5.41) is 1.85. The highest BCUT2D eigenvalue weighted by Gasteiger charge is 2.12. The Hall–Kier alpha value is -3.42. The molecule has 3 rings (SSSR count). The molecule has 0 atom stereocenters. The van der Waals surface area contributed by atoms with E-state index in [1.165, 1.54) is 7.11 Å². The number of nitrogens with zero attached hydrogens (tertiary/aromatic N) is 1. The molecule has 1 aromatic carbocycles. The summed E-state index contributed by atoms with van der Waals surface area (Å²) in [5.74, 6) is -1.53. The number of rotatable bonds is 4. The SMILES string of the molecule is CC.CC.CC.COC(=O)CCC(=O)NNC(=O)c1cc2c(cn1)[nH]c1ccccc12. The first-order valence-electron chi connectivity index (χ1n) is 10.6. The van der Waals surface area contributed by atoms with Crippen LogP contribution in [0.1, 0.15) is 64.9 Å². The first-order chi connectivity index (χ1) is 15.1. The van der Waals surface area contributed by atoms with E-state index in [4.69, 9.17) is 0 Å². The van der Waals surface area contributed by atoms with Gasteiger partial charge in [-0.1, -0.05) is 59.7 Å². The van der Waals surface area contributed by atoms with E-state index in [1.807, 2.05) is 65.8 Å². The molecule has 0 bridgehead atoms. The molecular weight excluding hydrogens is 396 g/mol. The van der Waals surface area contributed by atoms with Crippen molar-refractivity contribution in [2.75, 3.05) is 7.11 Å². The summed E-state index contributed by atoms with van der Waals surface area (Å²) in [6.07, 6.45) is 1.43. The Morgan fingerprint density at radius 3 is 2.19 bits per heavy atom. The first kappa shape index (κ1) is 27.6. The zero-order valence-electron chi connectivity index (χ0n) is 19.5. The highest BCUT2D eigenvalue weighted by molar-refractivity contribution is 6.09. The van der Waals surface area contributed by atoms with Crippen LogP contribution in [-0.4, -0.2) is 34.9 Å². The Kier molecular flexibility index (Phi) is 13.7. The lowest BCUT2D eigenvalue weighted by molar-refractivity contribution is -0.142. The summed E-state index contributed by atoms with van der Waals surface area (Å²) in [6.45, 7) is 12.0. The Labute approximate surface area is 183 Å². The van der Waals surface area contributed by atoms with Gasteiger partial charge in [-0.15, -0.1) is 0 Å². The maximum absolute atomic E-state index is 12.2. The molecule has 0 unspecified atom stereocenters. The van der Waals surface area contributed by atoms with Crippen molar-refractivity contribution >= 4 is 39.6 Å². The largest absolute Gasteiger partial charge is 0.469 e. The first-order valence-corrected chi connectivity index (χ1v) is 10.6. The second kappa shape index (κ2) is 15.4. The summed E-state index contributed by atoms with van der Waals surface area (Å²) in [7, 11) is 1.24. The molecule has 0 saturated carbocycles. The molecule has 3 N–H and O–H groups in total. The molecule has 170 valence electrons. The van der Waals surface area contributed by atoms with Crippen molar-refractivity contribution in [1.82, 2.24) is 20.8 Å². The monoisotopic (exact) mass is 430 g/mol. The maximum atomic E-state index is 12.2. The van der Waals surface area contributed by atoms with Crippen LogP contribution in [0.2, 0.25) is 0 Å². The van der Waals surface area contributed by atoms with Crippen LogP contribution in [0, 0.1) is 0 Å². The van der Waals surface area contributed by atoms with Crippen molar-refractivity contribution in [2.45, 2.75) is 54.4 Å². The molecule has 0 saturated heterocycles. The molecule has 0 aliphatic carbocycles. The van der Waals surface area contributed by atoms with Gasteiger partial charge >= 0.3 is 5.97 Å². The number of benzene rings is 1. The minimum atomic E-state index is -0.543. The van der Waals surface area contributed by atoms with Crippen LogP contribution in [0.4, 0.5) is 0 Å². The van der Waals surface area contributed by atoms with Crippen molar-refractivity contribution in [3.05, 3.63) is 42.2 Å². The zero-order valence-corrected chi connectivity index (χ0v) is 19.5. The molecule has 0 aliphatic rings. The third kappa shape index (κ3) is 8.08. The van der Waals surface area contributed by atoms with E-state index in [0.717, 1.165) is 21.8 Å². The number of ether oxygens (including phenoxy) is 1. The topological polar surface area (TPSA) is 113 Å². The van der Waals surface area contributed by atoms with Gasteiger partial charge in [0, 0.05) is 22.7 Å². The summed E-state index contributed by atoms with van der Waals surface area (Å²) in [5.41, 5.74) is 6.47. The van der Waals surface area contributed by atoms with Gasteiger partial charge < -0.3 is 9.72 Å². The third-order valence-electron chi connectivity index (χ3n) is 3.72. The van der Waals surface area contributed by atoms with E-state index in [2.05, 4.69) is 25.6 Å². The number of nitrogens with one attached hydrogen (secondary N) is 3. The van der Waals surface area contributed by atoms with Crippen LogP contribution in [0.15, 0.2) is 36.5 Å². The lowest BCUT2D eigenvalue weighted by Crippen LogP contribution is -2.42. The summed E-state index contributed by atoms with van der Waals surface area (Å²) in [4.78, 5) is 42.0. The number of para-hydroxylation sites is 1. The Bertz CT molecular complexity index is 967. The molecule has 0 aliphatic heterocycles. The van der Waals surface area contributed by atoms with Gasteiger partial charge in [0.25, 0.3) is 5.91 Å². The molecule has 2 aromatic heterocycles.